The van der Waals surface area contributed by atoms with Crippen LogP contribution in [0, 0.1) is 13.8 Å². The number of carboxylic acids is 1. The first-order valence-corrected chi connectivity index (χ1v) is 6.97. The van der Waals surface area contributed by atoms with Gasteiger partial charge in [-0.25, -0.2) is 0 Å². The van der Waals surface area contributed by atoms with Gasteiger partial charge in [-0.05, 0) is 50.6 Å². The molecule has 5 N–H and O–H groups in total. The van der Waals surface area contributed by atoms with E-state index in [9.17, 15) is 9.59 Å². The molecule has 1 rings (SSSR count). The van der Waals surface area contributed by atoms with E-state index in [0.717, 1.165) is 11.1 Å². The van der Waals surface area contributed by atoms with Gasteiger partial charge >= 0.3 is 5.97 Å². The summed E-state index contributed by atoms with van der Waals surface area (Å²) in [6.07, 6.45) is 0.551. The molecule has 0 bridgehead atoms. The highest BCUT2D eigenvalue weighted by Gasteiger charge is 2.20. The number of nitrogens with one attached hydrogen (secondary N) is 2. The number of carboxylic acid groups (broad SMARTS) is 1. The molecule has 21 heavy (non-hydrogen) atoms. The average molecular weight is 293 g/mol. The van der Waals surface area contributed by atoms with Crippen LogP contribution in [0.25, 0.3) is 0 Å². The van der Waals surface area contributed by atoms with Gasteiger partial charge in [0.2, 0.25) is 5.91 Å². The number of aliphatic carboxylic acids is 1. The zero-order valence-corrected chi connectivity index (χ0v) is 12.5. The number of amides is 1. The molecule has 6 heteroatoms. The van der Waals surface area contributed by atoms with E-state index in [1.54, 1.807) is 0 Å². The van der Waals surface area contributed by atoms with Gasteiger partial charge in [-0.2, -0.15) is 0 Å². The number of hydrogen-bond acceptors (Lipinski definition) is 4. The van der Waals surface area contributed by atoms with Crippen LogP contribution in [0.1, 0.15) is 24.0 Å². The highest BCUT2D eigenvalue weighted by Crippen LogP contribution is 2.16. The standard InChI is InChI=1S/C15H23N3O3/c1-10-4-5-11(2)12(8-10)18-14(19)9-13(15(20)21)17-7-3-6-16/h4-5,8,13,17H,3,6-7,9,16H2,1-2H3,(H,18,19)(H,20,21)/t13-/m1/s1. The molecule has 0 unspecified atom stereocenters. The lowest BCUT2D eigenvalue weighted by molar-refractivity contribution is -0.141. The van der Waals surface area contributed by atoms with Crippen molar-refractivity contribution in [1.29, 1.82) is 0 Å². The van der Waals surface area contributed by atoms with Gasteiger partial charge in [0.15, 0.2) is 0 Å². The molecule has 0 aliphatic heterocycles. The molecule has 1 aromatic carbocycles. The van der Waals surface area contributed by atoms with E-state index in [1.807, 2.05) is 32.0 Å². The monoisotopic (exact) mass is 293 g/mol. The second-order valence-electron chi connectivity index (χ2n) is 5.06. The molecule has 6 nitrogen and oxygen atoms in total. The van der Waals surface area contributed by atoms with Crippen molar-refractivity contribution >= 4 is 17.6 Å². The van der Waals surface area contributed by atoms with Gasteiger partial charge < -0.3 is 21.5 Å². The largest absolute Gasteiger partial charge is 0.480 e. The third kappa shape index (κ3) is 5.93. The topological polar surface area (TPSA) is 104 Å². The van der Waals surface area contributed by atoms with Crippen LogP contribution in [0.4, 0.5) is 5.69 Å². The van der Waals surface area contributed by atoms with Gasteiger partial charge in [-0.1, -0.05) is 12.1 Å². The maximum Gasteiger partial charge on any atom is 0.321 e. The fourth-order valence-electron chi connectivity index (χ4n) is 1.88. The Morgan fingerprint density at radius 1 is 1.33 bits per heavy atom. The molecule has 0 aliphatic carbocycles. The summed E-state index contributed by atoms with van der Waals surface area (Å²) in [7, 11) is 0. The van der Waals surface area contributed by atoms with Crippen molar-refractivity contribution in [1.82, 2.24) is 5.32 Å². The molecular weight excluding hydrogens is 270 g/mol. The van der Waals surface area contributed by atoms with Crippen molar-refractivity contribution in [2.45, 2.75) is 32.7 Å². The predicted molar refractivity (Wildman–Crippen MR) is 82.3 cm³/mol. The molecule has 0 fully saturated rings. The summed E-state index contributed by atoms with van der Waals surface area (Å²) in [4.78, 5) is 23.1. The number of carbonyl (C=O) groups is 2. The molecule has 0 heterocycles. The Bertz CT molecular complexity index is 503. The summed E-state index contributed by atoms with van der Waals surface area (Å²) in [6, 6.07) is 4.84. The molecule has 0 aromatic heterocycles. The Balaban J connectivity index is 2.61. The van der Waals surface area contributed by atoms with Crippen molar-refractivity contribution in [2.75, 3.05) is 18.4 Å². The molecule has 1 aromatic rings. The Hall–Kier alpha value is -1.92. The van der Waals surface area contributed by atoms with E-state index in [2.05, 4.69) is 10.6 Å². The Kier molecular flexibility index (Phi) is 6.84. The van der Waals surface area contributed by atoms with Gasteiger partial charge in [0.25, 0.3) is 0 Å². The van der Waals surface area contributed by atoms with Crippen molar-refractivity contribution in [3.05, 3.63) is 29.3 Å². The molecule has 0 saturated carbocycles. The fourth-order valence-corrected chi connectivity index (χ4v) is 1.88. The highest BCUT2D eigenvalue weighted by atomic mass is 16.4. The second-order valence-corrected chi connectivity index (χ2v) is 5.06. The second kappa shape index (κ2) is 8.39. The number of anilines is 1. The van der Waals surface area contributed by atoms with Crippen LogP contribution >= 0.6 is 0 Å². The third-order valence-corrected chi connectivity index (χ3v) is 3.13. The zero-order chi connectivity index (χ0) is 15.8. The molecule has 0 spiro atoms. The summed E-state index contributed by atoms with van der Waals surface area (Å²) in [5.41, 5.74) is 8.05. The molecular formula is C15H23N3O3. The zero-order valence-electron chi connectivity index (χ0n) is 12.5. The van der Waals surface area contributed by atoms with Crippen LogP contribution in [0.15, 0.2) is 18.2 Å². The SMILES string of the molecule is Cc1ccc(C)c(NC(=O)C[C@@H](NCCCN)C(=O)O)c1. The first-order chi connectivity index (χ1) is 9.93. The first-order valence-electron chi connectivity index (χ1n) is 6.97. The molecule has 0 aliphatic rings. The van der Waals surface area contributed by atoms with Crippen molar-refractivity contribution in [3.63, 3.8) is 0 Å². The highest BCUT2D eigenvalue weighted by molar-refractivity contribution is 5.94. The third-order valence-electron chi connectivity index (χ3n) is 3.13. The number of nitrogens with two attached hydrogens (primary N) is 1. The Labute approximate surface area is 124 Å². The summed E-state index contributed by atoms with van der Waals surface area (Å²) in [5, 5.41) is 14.7. The quantitative estimate of drug-likeness (QED) is 0.536. The summed E-state index contributed by atoms with van der Waals surface area (Å²) >= 11 is 0. The number of benzene rings is 1. The summed E-state index contributed by atoms with van der Waals surface area (Å²) in [5.74, 6) is -1.36. The summed E-state index contributed by atoms with van der Waals surface area (Å²) < 4.78 is 0. The summed E-state index contributed by atoms with van der Waals surface area (Å²) in [6.45, 7) is 4.78. The fraction of sp³-hybridized carbons (Fsp3) is 0.467. The van der Waals surface area contributed by atoms with Gasteiger partial charge in [-0.15, -0.1) is 0 Å². The van der Waals surface area contributed by atoms with Gasteiger partial charge in [0.05, 0.1) is 6.42 Å². The molecule has 0 radical (unpaired) electrons. The van der Waals surface area contributed by atoms with E-state index in [-0.39, 0.29) is 12.3 Å². The van der Waals surface area contributed by atoms with Crippen molar-refractivity contribution in [2.24, 2.45) is 5.73 Å². The molecule has 0 saturated heterocycles. The maximum atomic E-state index is 12.0. The van der Waals surface area contributed by atoms with Crippen molar-refractivity contribution in [3.8, 4) is 0 Å². The number of carbonyl (C=O) groups excluding carboxylic acids is 1. The Morgan fingerprint density at radius 2 is 2.05 bits per heavy atom. The Morgan fingerprint density at radius 3 is 2.67 bits per heavy atom. The average Bonchev–Trinajstić information content (AvgIpc) is 2.42. The minimum atomic E-state index is -1.04. The first kappa shape index (κ1) is 17.1. The predicted octanol–water partition coefficient (Wildman–Crippen LogP) is 1.02. The van der Waals surface area contributed by atoms with Crippen LogP contribution in [0.3, 0.4) is 0 Å². The lowest BCUT2D eigenvalue weighted by Crippen LogP contribution is -2.40. The van der Waals surface area contributed by atoms with Crippen LogP contribution in [-0.2, 0) is 9.59 Å². The molecule has 116 valence electrons. The number of aryl methyl sites for hydroxylation is 2. The van der Waals surface area contributed by atoms with E-state index in [1.165, 1.54) is 0 Å². The van der Waals surface area contributed by atoms with Gasteiger partial charge in [0.1, 0.15) is 6.04 Å². The number of rotatable bonds is 8. The van der Waals surface area contributed by atoms with Crippen molar-refractivity contribution < 1.29 is 14.7 Å². The minimum absolute atomic E-state index is 0.118. The lowest BCUT2D eigenvalue weighted by Gasteiger charge is -2.15. The van der Waals surface area contributed by atoms with Gasteiger partial charge in [-0.3, -0.25) is 9.59 Å². The van der Waals surface area contributed by atoms with Crippen LogP contribution in [0.5, 0.6) is 0 Å². The van der Waals surface area contributed by atoms with E-state index in [0.29, 0.717) is 25.2 Å². The van der Waals surface area contributed by atoms with Crippen LogP contribution in [0.2, 0.25) is 0 Å². The van der Waals surface area contributed by atoms with Crippen LogP contribution in [-0.4, -0.2) is 36.1 Å². The molecule has 1 atom stereocenters. The smallest absolute Gasteiger partial charge is 0.321 e. The lowest BCUT2D eigenvalue weighted by atomic mass is 10.1. The van der Waals surface area contributed by atoms with Gasteiger partial charge in [0, 0.05) is 5.69 Å². The minimum Gasteiger partial charge on any atom is -0.480 e. The molecule has 1 amide bonds. The maximum absolute atomic E-state index is 12.0. The van der Waals surface area contributed by atoms with Crippen LogP contribution < -0.4 is 16.4 Å². The van der Waals surface area contributed by atoms with E-state index < -0.39 is 12.0 Å². The van der Waals surface area contributed by atoms with E-state index >= 15 is 0 Å². The normalized spacial score (nSPS) is 12.0. The number of hydrogen-bond donors (Lipinski definition) is 4. The van der Waals surface area contributed by atoms with E-state index in [4.69, 9.17) is 10.8 Å².